The van der Waals surface area contributed by atoms with Crippen LogP contribution in [0.5, 0.6) is 0 Å². The molecule has 1 N–H and O–H groups in total. The van der Waals surface area contributed by atoms with E-state index in [0.717, 1.165) is 38.5 Å². The Labute approximate surface area is 168 Å². The summed E-state index contributed by atoms with van der Waals surface area (Å²) in [5, 5.41) is 3.35. The highest BCUT2D eigenvalue weighted by Gasteiger charge is 2.36. The summed E-state index contributed by atoms with van der Waals surface area (Å²) in [6.07, 6.45) is 7.91. The van der Waals surface area contributed by atoms with Crippen LogP contribution in [0.15, 0.2) is 29.2 Å². The number of hydrogen-bond donors (Lipinski definition) is 1. The minimum absolute atomic E-state index is 0. The first-order valence-electron chi connectivity index (χ1n) is 9.82. The second-order valence-corrected chi connectivity index (χ2v) is 10.4. The Balaban J connectivity index is 0.00000210. The number of fused-ring (bicyclic) bond motifs is 2. The molecule has 2 aliphatic heterocycles. The van der Waals surface area contributed by atoms with E-state index in [9.17, 15) is 13.2 Å². The molecule has 7 heteroatoms. The Bertz CT molecular complexity index is 763. The lowest BCUT2D eigenvalue weighted by Crippen LogP contribution is -2.48. The molecule has 2 bridgehead atoms. The normalized spacial score (nSPS) is 28.0. The predicted octanol–water partition coefficient (Wildman–Crippen LogP) is 3.18. The number of halogens is 1. The monoisotopic (exact) mass is 412 g/mol. The Morgan fingerprint density at radius 1 is 1.00 bits per heavy atom. The van der Waals surface area contributed by atoms with Crippen LogP contribution < -0.4 is 5.32 Å². The molecule has 2 unspecified atom stereocenters. The molecular formula is C20H29ClN2O3S. The summed E-state index contributed by atoms with van der Waals surface area (Å²) >= 11 is 0. The minimum atomic E-state index is -3.26. The van der Waals surface area contributed by atoms with Crippen molar-refractivity contribution < 1.29 is 13.2 Å². The predicted molar refractivity (Wildman–Crippen MR) is 108 cm³/mol. The van der Waals surface area contributed by atoms with E-state index in [4.69, 9.17) is 0 Å². The summed E-state index contributed by atoms with van der Waals surface area (Å²) < 4.78 is 25.3. The smallest absolute Gasteiger partial charge is 0.253 e. The number of hydrogen-bond acceptors (Lipinski definition) is 4. The maximum atomic E-state index is 12.9. The topological polar surface area (TPSA) is 66.5 Å². The van der Waals surface area contributed by atoms with Gasteiger partial charge in [-0.1, -0.05) is 12.8 Å². The van der Waals surface area contributed by atoms with Crippen LogP contribution >= 0.6 is 12.4 Å². The first-order chi connectivity index (χ1) is 12.4. The molecule has 3 fully saturated rings. The van der Waals surface area contributed by atoms with Crippen molar-refractivity contribution in [2.24, 2.45) is 0 Å². The summed E-state index contributed by atoms with van der Waals surface area (Å²) in [5.41, 5.74) is 0.573. The van der Waals surface area contributed by atoms with E-state index in [1.807, 2.05) is 11.9 Å². The Morgan fingerprint density at radius 2 is 1.56 bits per heavy atom. The highest BCUT2D eigenvalue weighted by atomic mass is 35.5. The Morgan fingerprint density at radius 3 is 2.11 bits per heavy atom. The number of benzene rings is 1. The number of nitrogens with one attached hydrogen (secondary N) is 1. The van der Waals surface area contributed by atoms with E-state index in [2.05, 4.69) is 5.32 Å². The number of carbonyl (C=O) groups excluding carboxylic acids is 1. The van der Waals surface area contributed by atoms with Crippen LogP contribution in [0.1, 0.15) is 61.7 Å². The summed E-state index contributed by atoms with van der Waals surface area (Å²) in [4.78, 5) is 15.1. The third-order valence-electron chi connectivity index (χ3n) is 6.49. The molecule has 5 nitrogen and oxygen atoms in total. The van der Waals surface area contributed by atoms with Crippen LogP contribution in [0, 0.1) is 0 Å². The largest absolute Gasteiger partial charge is 0.339 e. The molecule has 0 aromatic heterocycles. The quantitative estimate of drug-likeness (QED) is 0.824. The first kappa shape index (κ1) is 20.6. The lowest BCUT2D eigenvalue weighted by atomic mass is 9.98. The molecule has 2 heterocycles. The van der Waals surface area contributed by atoms with Crippen LogP contribution in [-0.4, -0.2) is 49.6 Å². The maximum absolute atomic E-state index is 12.9. The summed E-state index contributed by atoms with van der Waals surface area (Å²) in [5.74, 6) is -0.0129. The minimum Gasteiger partial charge on any atom is -0.339 e. The fourth-order valence-electron chi connectivity index (χ4n) is 4.89. The number of amides is 1. The molecule has 2 atom stereocenters. The van der Waals surface area contributed by atoms with Gasteiger partial charge in [0.05, 0.1) is 10.1 Å². The SMILES string of the molecule is CN(C(=O)c1ccc(S(=O)(=O)C2CCCC2)cc1)C1CC2CCC(C1)N2.Cl. The second kappa shape index (κ2) is 8.10. The molecule has 0 radical (unpaired) electrons. The molecule has 4 rings (SSSR count). The zero-order valence-electron chi connectivity index (χ0n) is 15.8. The third kappa shape index (κ3) is 4.03. The fourth-order valence-corrected chi connectivity index (χ4v) is 6.75. The first-order valence-corrected chi connectivity index (χ1v) is 11.4. The van der Waals surface area contributed by atoms with Gasteiger partial charge in [-0.25, -0.2) is 8.42 Å². The number of sulfone groups is 1. The zero-order valence-corrected chi connectivity index (χ0v) is 17.4. The van der Waals surface area contributed by atoms with Gasteiger partial charge in [0, 0.05) is 30.7 Å². The molecule has 1 amide bonds. The lowest BCUT2D eigenvalue weighted by molar-refractivity contribution is 0.0681. The molecule has 1 saturated carbocycles. The van der Waals surface area contributed by atoms with Crippen LogP contribution in [-0.2, 0) is 9.84 Å². The van der Waals surface area contributed by atoms with Gasteiger partial charge >= 0.3 is 0 Å². The van der Waals surface area contributed by atoms with Gasteiger partial charge in [0.1, 0.15) is 0 Å². The van der Waals surface area contributed by atoms with Crippen molar-refractivity contribution in [3.05, 3.63) is 29.8 Å². The second-order valence-electron chi connectivity index (χ2n) is 8.16. The van der Waals surface area contributed by atoms with Crippen LogP contribution in [0.3, 0.4) is 0 Å². The molecule has 3 aliphatic rings. The zero-order chi connectivity index (χ0) is 18.3. The van der Waals surface area contributed by atoms with Crippen molar-refractivity contribution in [2.75, 3.05) is 7.05 Å². The third-order valence-corrected chi connectivity index (χ3v) is 8.77. The molecule has 150 valence electrons. The molecule has 1 aromatic carbocycles. The highest BCUT2D eigenvalue weighted by molar-refractivity contribution is 7.92. The number of nitrogens with zero attached hydrogens (tertiary/aromatic N) is 1. The van der Waals surface area contributed by atoms with Gasteiger partial charge in [-0.15, -0.1) is 12.4 Å². The van der Waals surface area contributed by atoms with Crippen molar-refractivity contribution in [3.63, 3.8) is 0 Å². The van der Waals surface area contributed by atoms with Gasteiger partial charge in [0.2, 0.25) is 0 Å². The van der Waals surface area contributed by atoms with Gasteiger partial charge in [-0.2, -0.15) is 0 Å². The molecule has 1 aliphatic carbocycles. The van der Waals surface area contributed by atoms with Gasteiger partial charge in [-0.3, -0.25) is 4.79 Å². The molecule has 2 saturated heterocycles. The highest BCUT2D eigenvalue weighted by Crippen LogP contribution is 2.31. The van der Waals surface area contributed by atoms with E-state index in [1.54, 1.807) is 24.3 Å². The van der Waals surface area contributed by atoms with E-state index < -0.39 is 9.84 Å². The van der Waals surface area contributed by atoms with E-state index in [1.165, 1.54) is 12.8 Å². The lowest BCUT2D eigenvalue weighted by Gasteiger charge is -2.35. The van der Waals surface area contributed by atoms with Crippen LogP contribution in [0.25, 0.3) is 0 Å². The number of rotatable bonds is 4. The standard InChI is InChI=1S/C20H28N2O3S.ClH/c1-22(17-12-15-8-9-16(13-17)21-15)20(23)14-6-10-19(11-7-14)26(24,25)18-4-2-3-5-18;/h6-7,10-11,15-18,21H,2-5,8-9,12-13H2,1H3;1H. The molecule has 0 spiro atoms. The van der Waals surface area contributed by atoms with Gasteiger partial charge in [-0.05, 0) is 62.8 Å². The van der Waals surface area contributed by atoms with Crippen molar-refractivity contribution in [2.45, 2.75) is 79.6 Å². The van der Waals surface area contributed by atoms with E-state index in [0.29, 0.717) is 22.5 Å². The summed E-state index contributed by atoms with van der Waals surface area (Å²) in [6.45, 7) is 0. The van der Waals surface area contributed by atoms with Crippen molar-refractivity contribution >= 4 is 28.2 Å². The molecular weight excluding hydrogens is 384 g/mol. The van der Waals surface area contributed by atoms with Crippen molar-refractivity contribution in [3.8, 4) is 0 Å². The van der Waals surface area contributed by atoms with Crippen molar-refractivity contribution in [1.82, 2.24) is 10.2 Å². The number of carbonyl (C=O) groups is 1. The molecule has 27 heavy (non-hydrogen) atoms. The summed E-state index contributed by atoms with van der Waals surface area (Å²) in [6, 6.07) is 7.91. The Kier molecular flexibility index (Phi) is 6.18. The fraction of sp³-hybridized carbons (Fsp3) is 0.650. The van der Waals surface area contributed by atoms with Crippen LogP contribution in [0.4, 0.5) is 0 Å². The van der Waals surface area contributed by atoms with Crippen LogP contribution in [0.2, 0.25) is 0 Å². The van der Waals surface area contributed by atoms with E-state index >= 15 is 0 Å². The Hall–Kier alpha value is -1.11. The maximum Gasteiger partial charge on any atom is 0.253 e. The van der Waals surface area contributed by atoms with Gasteiger partial charge in [0.15, 0.2) is 9.84 Å². The summed E-state index contributed by atoms with van der Waals surface area (Å²) in [7, 11) is -1.39. The van der Waals surface area contributed by atoms with Crippen molar-refractivity contribution in [1.29, 1.82) is 0 Å². The average molecular weight is 413 g/mol. The molecule has 1 aromatic rings. The van der Waals surface area contributed by atoms with Gasteiger partial charge in [0.25, 0.3) is 5.91 Å². The average Bonchev–Trinajstić information content (AvgIpc) is 3.31. The van der Waals surface area contributed by atoms with E-state index in [-0.39, 0.29) is 29.6 Å². The number of piperidine rings is 1. The van der Waals surface area contributed by atoms with Gasteiger partial charge < -0.3 is 10.2 Å².